The molecular formula is C28H26FN3O7S2. The first-order chi connectivity index (χ1) is 19.5. The molecule has 13 heteroatoms. The molecule has 0 aliphatic rings. The number of nitrogens with one attached hydrogen (secondary N) is 2. The average Bonchev–Trinajstić information content (AvgIpc) is 2.97. The van der Waals surface area contributed by atoms with E-state index in [1.165, 1.54) is 62.8 Å². The second-order valence-electron chi connectivity index (χ2n) is 8.55. The first-order valence-corrected chi connectivity index (χ1v) is 14.9. The second-order valence-corrected chi connectivity index (χ2v) is 12.1. The molecule has 4 rings (SSSR count). The van der Waals surface area contributed by atoms with Crippen LogP contribution in [0.2, 0.25) is 0 Å². The summed E-state index contributed by atoms with van der Waals surface area (Å²) in [7, 11) is -5.37. The summed E-state index contributed by atoms with van der Waals surface area (Å²) in [5.41, 5.74) is 0.672. The maximum Gasteiger partial charge on any atom is 0.264 e. The zero-order valence-corrected chi connectivity index (χ0v) is 23.6. The lowest BCUT2D eigenvalue weighted by Crippen LogP contribution is -2.38. The van der Waals surface area contributed by atoms with Gasteiger partial charge < -0.3 is 14.8 Å². The number of carbonyl (C=O) groups excluding carboxylic acids is 1. The molecule has 0 fully saturated rings. The molecule has 10 nitrogen and oxygen atoms in total. The third kappa shape index (κ3) is 6.94. The number of nitrogens with zero attached hydrogens (tertiary/aromatic N) is 1. The van der Waals surface area contributed by atoms with E-state index in [2.05, 4.69) is 10.0 Å². The number of amides is 1. The van der Waals surface area contributed by atoms with E-state index in [1.54, 1.807) is 24.3 Å². The van der Waals surface area contributed by atoms with Crippen LogP contribution in [0.4, 0.5) is 21.5 Å². The van der Waals surface area contributed by atoms with Gasteiger partial charge in [-0.3, -0.25) is 13.8 Å². The summed E-state index contributed by atoms with van der Waals surface area (Å²) in [6.45, 7) is -0.595. The van der Waals surface area contributed by atoms with E-state index >= 15 is 0 Å². The number of methoxy groups -OCH3 is 2. The van der Waals surface area contributed by atoms with Crippen LogP contribution >= 0.6 is 0 Å². The highest BCUT2D eigenvalue weighted by atomic mass is 32.2. The van der Waals surface area contributed by atoms with Crippen molar-refractivity contribution in [2.75, 3.05) is 35.1 Å². The number of rotatable bonds is 11. The fourth-order valence-corrected chi connectivity index (χ4v) is 6.27. The van der Waals surface area contributed by atoms with Crippen LogP contribution in [0.3, 0.4) is 0 Å². The van der Waals surface area contributed by atoms with Crippen LogP contribution < -0.4 is 23.8 Å². The molecule has 41 heavy (non-hydrogen) atoms. The predicted octanol–water partition coefficient (Wildman–Crippen LogP) is 4.48. The summed E-state index contributed by atoms with van der Waals surface area (Å²) in [6.07, 6.45) is 0. The topological polar surface area (TPSA) is 131 Å². The van der Waals surface area contributed by atoms with Crippen molar-refractivity contribution >= 4 is 43.0 Å². The van der Waals surface area contributed by atoms with Gasteiger partial charge in [0.25, 0.3) is 20.0 Å². The van der Waals surface area contributed by atoms with Gasteiger partial charge in [-0.2, -0.15) is 0 Å². The summed E-state index contributed by atoms with van der Waals surface area (Å²) in [5.74, 6) is -0.537. The van der Waals surface area contributed by atoms with E-state index in [4.69, 9.17) is 9.47 Å². The van der Waals surface area contributed by atoms with Crippen molar-refractivity contribution in [3.05, 3.63) is 103 Å². The van der Waals surface area contributed by atoms with Gasteiger partial charge in [0.05, 0.1) is 35.4 Å². The normalized spacial score (nSPS) is 11.4. The Kier molecular flexibility index (Phi) is 8.79. The number of carbonyl (C=O) groups is 1. The molecule has 0 atom stereocenters. The number of ether oxygens (including phenoxy) is 2. The monoisotopic (exact) mass is 599 g/mol. The Hall–Kier alpha value is -4.62. The highest BCUT2D eigenvalue weighted by Gasteiger charge is 2.27. The number of benzene rings is 4. The van der Waals surface area contributed by atoms with Crippen molar-refractivity contribution < 1.29 is 35.5 Å². The molecule has 4 aromatic carbocycles. The number of hydrogen-bond acceptors (Lipinski definition) is 7. The second kappa shape index (κ2) is 12.3. The molecule has 0 aliphatic carbocycles. The number of hydrogen-bond donors (Lipinski definition) is 2. The fraction of sp³-hybridized carbons (Fsp3) is 0.107. The summed E-state index contributed by atoms with van der Waals surface area (Å²) in [4.78, 5) is 12.7. The minimum atomic E-state index is -4.22. The Balaban J connectivity index is 1.51. The number of halogens is 1. The Morgan fingerprint density at radius 2 is 1.44 bits per heavy atom. The summed E-state index contributed by atoms with van der Waals surface area (Å²) >= 11 is 0. The van der Waals surface area contributed by atoms with Gasteiger partial charge in [0.15, 0.2) is 0 Å². The van der Waals surface area contributed by atoms with Gasteiger partial charge in [-0.25, -0.2) is 21.2 Å². The third-order valence-corrected chi connectivity index (χ3v) is 9.00. The van der Waals surface area contributed by atoms with Gasteiger partial charge >= 0.3 is 0 Å². The molecule has 0 aliphatic heterocycles. The summed E-state index contributed by atoms with van der Waals surface area (Å²) < 4.78 is 79.7. The van der Waals surface area contributed by atoms with Gasteiger partial charge in [-0.15, -0.1) is 0 Å². The van der Waals surface area contributed by atoms with E-state index in [9.17, 15) is 26.0 Å². The number of anilines is 3. The SMILES string of the molecule is COc1ccc(NS(=O)(=O)c2ccc(NC(=O)CN(c3ccccc3)S(=O)(=O)c3ccc(F)cc3)cc2)c(OC)c1. The van der Waals surface area contributed by atoms with Gasteiger partial charge in [-0.1, -0.05) is 18.2 Å². The first kappa shape index (κ1) is 29.4. The van der Waals surface area contributed by atoms with E-state index < -0.39 is 38.3 Å². The number of para-hydroxylation sites is 1. The zero-order chi connectivity index (χ0) is 29.6. The largest absolute Gasteiger partial charge is 0.497 e. The van der Waals surface area contributed by atoms with Crippen LogP contribution in [0.5, 0.6) is 11.5 Å². The lowest BCUT2D eigenvalue weighted by molar-refractivity contribution is -0.114. The fourth-order valence-electron chi connectivity index (χ4n) is 3.78. The quantitative estimate of drug-likeness (QED) is 0.260. The highest BCUT2D eigenvalue weighted by molar-refractivity contribution is 7.93. The molecule has 214 valence electrons. The predicted molar refractivity (Wildman–Crippen MR) is 153 cm³/mol. The minimum absolute atomic E-state index is 0.0850. The van der Waals surface area contributed by atoms with Crippen molar-refractivity contribution in [2.24, 2.45) is 0 Å². The molecule has 0 unspecified atom stereocenters. The minimum Gasteiger partial charge on any atom is -0.497 e. The number of sulfonamides is 2. The molecule has 0 radical (unpaired) electrons. The van der Waals surface area contributed by atoms with Crippen LogP contribution in [-0.2, 0) is 24.8 Å². The lowest BCUT2D eigenvalue weighted by atomic mass is 10.3. The van der Waals surface area contributed by atoms with E-state index in [0.29, 0.717) is 5.75 Å². The van der Waals surface area contributed by atoms with Gasteiger partial charge in [0.1, 0.15) is 23.9 Å². The summed E-state index contributed by atoms with van der Waals surface area (Å²) in [6, 6.07) is 22.2. The molecule has 1 amide bonds. The van der Waals surface area contributed by atoms with E-state index in [-0.39, 0.29) is 32.6 Å². The van der Waals surface area contributed by atoms with Gasteiger partial charge in [0, 0.05) is 11.8 Å². The molecular weight excluding hydrogens is 573 g/mol. The zero-order valence-electron chi connectivity index (χ0n) is 21.9. The molecule has 2 N–H and O–H groups in total. The van der Waals surface area contributed by atoms with Crippen molar-refractivity contribution in [3.63, 3.8) is 0 Å². The summed E-state index contributed by atoms with van der Waals surface area (Å²) in [5, 5.41) is 2.58. The molecule has 0 heterocycles. The van der Waals surface area contributed by atoms with Crippen LogP contribution in [0.1, 0.15) is 0 Å². The highest BCUT2D eigenvalue weighted by Crippen LogP contribution is 2.31. The van der Waals surface area contributed by atoms with Gasteiger partial charge in [0.2, 0.25) is 5.91 Å². The molecule has 4 aromatic rings. The molecule has 0 saturated heterocycles. The standard InChI is InChI=1S/C28H26FN3O7S2/c1-38-23-12-17-26(27(18-23)39-2)31-40(34,35)24-15-10-21(11-16-24)30-28(33)19-32(22-6-4-3-5-7-22)41(36,37)25-13-8-20(29)9-14-25/h3-18,31H,19H2,1-2H3,(H,30,33). The Morgan fingerprint density at radius 1 is 0.805 bits per heavy atom. The van der Waals surface area contributed by atoms with Crippen LogP contribution in [0.15, 0.2) is 107 Å². The molecule has 0 saturated carbocycles. The molecule has 0 spiro atoms. The van der Waals surface area contributed by atoms with Crippen molar-refractivity contribution in [3.8, 4) is 11.5 Å². The molecule has 0 bridgehead atoms. The molecule has 0 aromatic heterocycles. The van der Waals surface area contributed by atoms with Crippen LogP contribution in [-0.4, -0.2) is 43.5 Å². The van der Waals surface area contributed by atoms with E-state index in [1.807, 2.05) is 0 Å². The average molecular weight is 600 g/mol. The maximum atomic E-state index is 13.4. The van der Waals surface area contributed by atoms with Crippen molar-refractivity contribution in [1.29, 1.82) is 0 Å². The van der Waals surface area contributed by atoms with Crippen LogP contribution in [0, 0.1) is 5.82 Å². The van der Waals surface area contributed by atoms with Gasteiger partial charge in [-0.05, 0) is 72.8 Å². The lowest BCUT2D eigenvalue weighted by Gasteiger charge is -2.24. The van der Waals surface area contributed by atoms with Crippen molar-refractivity contribution in [1.82, 2.24) is 0 Å². The maximum absolute atomic E-state index is 13.4. The van der Waals surface area contributed by atoms with E-state index in [0.717, 1.165) is 28.6 Å². The Bertz CT molecular complexity index is 1730. The third-order valence-electron chi connectivity index (χ3n) is 5.83. The Labute approximate surface area is 237 Å². The smallest absolute Gasteiger partial charge is 0.264 e. The van der Waals surface area contributed by atoms with Crippen molar-refractivity contribution in [2.45, 2.75) is 9.79 Å². The first-order valence-electron chi connectivity index (χ1n) is 12.0. The van der Waals surface area contributed by atoms with Crippen LogP contribution in [0.25, 0.3) is 0 Å². The Morgan fingerprint density at radius 3 is 2.05 bits per heavy atom.